The third kappa shape index (κ3) is 6.09. The van der Waals surface area contributed by atoms with Gasteiger partial charge in [-0.3, -0.25) is 4.57 Å². The average Bonchev–Trinajstić information content (AvgIpc) is 2.00. The normalized spacial score (nSPS) is 14.8. The standard InChI is InChI=1S/C6H11O5P/c1-3-6(7)11-5(2)4-10-12(8)9/h3,5,12H,1,4H2,2H3,(H,8,9). The Morgan fingerprint density at radius 1 is 1.83 bits per heavy atom. The van der Waals surface area contributed by atoms with Crippen LogP contribution in [0.2, 0.25) is 0 Å². The Bertz CT molecular complexity index is 190. The summed E-state index contributed by atoms with van der Waals surface area (Å²) in [5, 5.41) is 0. The van der Waals surface area contributed by atoms with Crippen LogP contribution in [0, 0.1) is 0 Å². The maximum atomic E-state index is 10.5. The molecule has 6 heteroatoms. The molecule has 0 radical (unpaired) electrons. The Hall–Kier alpha value is -0.640. The first kappa shape index (κ1) is 11.4. The number of esters is 1. The molecule has 0 aliphatic heterocycles. The van der Waals surface area contributed by atoms with Gasteiger partial charge in [0.2, 0.25) is 0 Å². The van der Waals surface area contributed by atoms with Crippen molar-refractivity contribution in [3.63, 3.8) is 0 Å². The monoisotopic (exact) mass is 194 g/mol. The first-order valence-electron chi connectivity index (χ1n) is 3.25. The molecule has 0 aromatic carbocycles. The molecule has 0 aliphatic carbocycles. The molecular formula is C6H11O5P. The van der Waals surface area contributed by atoms with Crippen molar-refractivity contribution >= 4 is 14.2 Å². The van der Waals surface area contributed by atoms with Gasteiger partial charge in [0.05, 0.1) is 6.61 Å². The van der Waals surface area contributed by atoms with Gasteiger partial charge in [0, 0.05) is 6.08 Å². The Balaban J connectivity index is 3.59. The molecule has 5 nitrogen and oxygen atoms in total. The van der Waals surface area contributed by atoms with Crippen LogP contribution in [-0.2, 0) is 18.6 Å². The van der Waals surface area contributed by atoms with Crippen LogP contribution < -0.4 is 0 Å². The van der Waals surface area contributed by atoms with Crippen molar-refractivity contribution in [2.75, 3.05) is 6.61 Å². The predicted octanol–water partition coefficient (Wildman–Crippen LogP) is 0.503. The van der Waals surface area contributed by atoms with Crippen molar-refractivity contribution in [3.05, 3.63) is 12.7 Å². The summed E-state index contributed by atoms with van der Waals surface area (Å²) in [5.74, 6) is -0.580. The molecular weight excluding hydrogens is 183 g/mol. The fraction of sp³-hybridized carbons (Fsp3) is 0.500. The highest BCUT2D eigenvalue weighted by Crippen LogP contribution is 2.14. The highest BCUT2D eigenvalue weighted by Gasteiger charge is 2.07. The molecule has 0 fully saturated rings. The minimum atomic E-state index is -2.94. The van der Waals surface area contributed by atoms with Crippen molar-refractivity contribution in [3.8, 4) is 0 Å². The van der Waals surface area contributed by atoms with E-state index in [1.54, 1.807) is 6.92 Å². The van der Waals surface area contributed by atoms with E-state index in [4.69, 9.17) is 4.89 Å². The molecule has 70 valence electrons. The molecule has 0 aromatic heterocycles. The zero-order valence-corrected chi connectivity index (χ0v) is 7.65. The van der Waals surface area contributed by atoms with E-state index in [-0.39, 0.29) is 6.61 Å². The Kier molecular flexibility index (Phi) is 5.62. The van der Waals surface area contributed by atoms with Crippen molar-refractivity contribution in [1.29, 1.82) is 0 Å². The predicted molar refractivity (Wildman–Crippen MR) is 42.9 cm³/mol. The number of ether oxygens (including phenoxy) is 1. The van der Waals surface area contributed by atoms with E-state index in [9.17, 15) is 9.36 Å². The molecule has 0 saturated carbocycles. The second-order valence-electron chi connectivity index (χ2n) is 2.03. The summed E-state index contributed by atoms with van der Waals surface area (Å²) >= 11 is 0. The molecule has 0 aliphatic rings. The molecule has 12 heavy (non-hydrogen) atoms. The second-order valence-corrected chi connectivity index (χ2v) is 2.85. The molecule has 0 rings (SSSR count). The molecule has 0 heterocycles. The summed E-state index contributed by atoms with van der Waals surface area (Å²) in [6.45, 7) is 4.65. The maximum Gasteiger partial charge on any atom is 0.330 e. The number of hydrogen-bond donors (Lipinski definition) is 1. The average molecular weight is 194 g/mol. The molecule has 2 unspecified atom stereocenters. The van der Waals surface area contributed by atoms with E-state index in [0.29, 0.717) is 0 Å². The van der Waals surface area contributed by atoms with Crippen LogP contribution >= 0.6 is 8.25 Å². The summed E-state index contributed by atoms with van der Waals surface area (Å²) < 4.78 is 19.0. The number of rotatable bonds is 5. The van der Waals surface area contributed by atoms with Crippen LogP contribution in [0.1, 0.15) is 6.92 Å². The Morgan fingerprint density at radius 3 is 2.83 bits per heavy atom. The third-order valence-corrected chi connectivity index (χ3v) is 1.34. The van der Waals surface area contributed by atoms with Crippen LogP contribution in [-0.4, -0.2) is 23.6 Å². The van der Waals surface area contributed by atoms with Gasteiger partial charge < -0.3 is 14.2 Å². The van der Waals surface area contributed by atoms with Gasteiger partial charge >= 0.3 is 14.2 Å². The quantitative estimate of drug-likeness (QED) is 0.392. The lowest BCUT2D eigenvalue weighted by Crippen LogP contribution is -2.17. The molecule has 0 bridgehead atoms. The smallest absolute Gasteiger partial charge is 0.330 e. The van der Waals surface area contributed by atoms with Crippen LogP contribution in [0.4, 0.5) is 0 Å². The lowest BCUT2D eigenvalue weighted by atomic mass is 10.4. The van der Waals surface area contributed by atoms with E-state index in [0.717, 1.165) is 6.08 Å². The highest BCUT2D eigenvalue weighted by molar-refractivity contribution is 7.32. The molecule has 0 saturated heterocycles. The van der Waals surface area contributed by atoms with Crippen molar-refractivity contribution in [2.24, 2.45) is 0 Å². The van der Waals surface area contributed by atoms with E-state index < -0.39 is 20.3 Å². The SMILES string of the molecule is C=CC(=O)OC(C)CO[PH](=O)O. The maximum absolute atomic E-state index is 10.5. The van der Waals surface area contributed by atoms with Crippen LogP contribution in [0.25, 0.3) is 0 Å². The minimum absolute atomic E-state index is 0.0894. The number of carbonyl (C=O) groups is 1. The van der Waals surface area contributed by atoms with Gasteiger partial charge in [-0.1, -0.05) is 6.58 Å². The van der Waals surface area contributed by atoms with Crippen LogP contribution in [0.15, 0.2) is 12.7 Å². The van der Waals surface area contributed by atoms with Gasteiger partial charge in [0.25, 0.3) is 0 Å². The Labute approximate surface area is 70.9 Å². The van der Waals surface area contributed by atoms with E-state index in [1.165, 1.54) is 0 Å². The fourth-order valence-electron chi connectivity index (χ4n) is 0.469. The minimum Gasteiger partial charge on any atom is -0.457 e. The van der Waals surface area contributed by atoms with Gasteiger partial charge in [-0.15, -0.1) is 0 Å². The third-order valence-electron chi connectivity index (χ3n) is 0.926. The van der Waals surface area contributed by atoms with E-state index in [2.05, 4.69) is 15.8 Å². The molecule has 1 N–H and O–H groups in total. The first-order valence-corrected chi connectivity index (χ1v) is 4.51. The van der Waals surface area contributed by atoms with Crippen molar-refractivity contribution in [2.45, 2.75) is 13.0 Å². The molecule has 0 amide bonds. The summed E-state index contributed by atoms with van der Waals surface area (Å²) in [5.41, 5.74) is 0. The van der Waals surface area contributed by atoms with Gasteiger partial charge in [-0.25, -0.2) is 4.79 Å². The lowest BCUT2D eigenvalue weighted by Gasteiger charge is -2.09. The fourth-order valence-corrected chi connectivity index (χ4v) is 0.846. The van der Waals surface area contributed by atoms with Gasteiger partial charge in [0.1, 0.15) is 6.10 Å². The number of hydrogen-bond acceptors (Lipinski definition) is 4. The molecule has 2 atom stereocenters. The van der Waals surface area contributed by atoms with Gasteiger partial charge in [-0.2, -0.15) is 0 Å². The molecule has 0 aromatic rings. The zero-order valence-electron chi connectivity index (χ0n) is 6.65. The Morgan fingerprint density at radius 2 is 2.42 bits per heavy atom. The van der Waals surface area contributed by atoms with E-state index >= 15 is 0 Å². The molecule has 0 spiro atoms. The number of carbonyl (C=O) groups excluding carboxylic acids is 1. The second kappa shape index (κ2) is 5.94. The van der Waals surface area contributed by atoms with Crippen molar-refractivity contribution < 1.29 is 23.5 Å². The van der Waals surface area contributed by atoms with Gasteiger partial charge in [0.15, 0.2) is 0 Å². The van der Waals surface area contributed by atoms with E-state index in [1.807, 2.05) is 0 Å². The largest absolute Gasteiger partial charge is 0.457 e. The van der Waals surface area contributed by atoms with Crippen LogP contribution in [0.3, 0.4) is 0 Å². The highest BCUT2D eigenvalue weighted by atomic mass is 31.1. The summed E-state index contributed by atoms with van der Waals surface area (Å²) in [4.78, 5) is 18.8. The van der Waals surface area contributed by atoms with Crippen molar-refractivity contribution in [1.82, 2.24) is 0 Å². The first-order chi connectivity index (χ1) is 5.56. The van der Waals surface area contributed by atoms with Crippen LogP contribution in [0.5, 0.6) is 0 Å². The summed E-state index contributed by atoms with van der Waals surface area (Å²) in [7, 11) is -2.94. The zero-order chi connectivity index (χ0) is 9.56. The summed E-state index contributed by atoms with van der Waals surface area (Å²) in [6, 6.07) is 0. The van der Waals surface area contributed by atoms with Gasteiger partial charge in [-0.05, 0) is 6.92 Å². The summed E-state index contributed by atoms with van der Waals surface area (Å²) in [6.07, 6.45) is 0.468. The topological polar surface area (TPSA) is 72.8 Å². The lowest BCUT2D eigenvalue weighted by molar-refractivity contribution is -0.143.